The molecule has 0 bridgehead atoms. The van der Waals surface area contributed by atoms with E-state index in [9.17, 15) is 14.4 Å². The Bertz CT molecular complexity index is 966. The number of carbonyl (C=O) groups excluding carboxylic acids is 3. The van der Waals surface area contributed by atoms with Gasteiger partial charge in [0.25, 0.3) is 11.8 Å². The minimum atomic E-state index is -0.492. The molecular weight excluding hydrogens is 440 g/mol. The van der Waals surface area contributed by atoms with Crippen molar-refractivity contribution < 1.29 is 19.1 Å². The lowest BCUT2D eigenvalue weighted by atomic mass is 10.2. The topological polar surface area (TPSA) is 109 Å². The molecule has 2 aromatic rings. The third-order valence-electron chi connectivity index (χ3n) is 3.95. The van der Waals surface area contributed by atoms with Gasteiger partial charge in [0.1, 0.15) is 5.75 Å². The standard InChI is InChI=1S/C21H23ClN4O4S/c1-3-4-18(27)23-16-8-5-14(6-9-16)20(29)25-26-21(31)24-19(28)12-30-17-10-7-15(22)11-13(17)2/h5-11H,3-4,12H2,1-2H3,(H,23,27)(H,25,29)(H2,24,26,28,31). The number of rotatable bonds is 7. The van der Waals surface area contributed by atoms with E-state index in [1.165, 1.54) is 0 Å². The zero-order valence-corrected chi connectivity index (χ0v) is 18.7. The van der Waals surface area contributed by atoms with Gasteiger partial charge in [-0.1, -0.05) is 18.5 Å². The molecule has 0 fully saturated rings. The molecule has 0 aromatic heterocycles. The summed E-state index contributed by atoms with van der Waals surface area (Å²) < 4.78 is 5.43. The molecule has 0 saturated heterocycles. The number of hydrazine groups is 1. The highest BCUT2D eigenvalue weighted by atomic mass is 35.5. The lowest BCUT2D eigenvalue weighted by Crippen LogP contribution is -2.49. The van der Waals surface area contributed by atoms with Gasteiger partial charge in [0.2, 0.25) is 5.91 Å². The van der Waals surface area contributed by atoms with Gasteiger partial charge in [0.15, 0.2) is 11.7 Å². The molecule has 8 nitrogen and oxygen atoms in total. The van der Waals surface area contributed by atoms with Gasteiger partial charge >= 0.3 is 0 Å². The van der Waals surface area contributed by atoms with Crippen LogP contribution in [0.25, 0.3) is 0 Å². The smallest absolute Gasteiger partial charge is 0.269 e. The summed E-state index contributed by atoms with van der Waals surface area (Å²) >= 11 is 10.9. The normalized spacial score (nSPS) is 10.0. The summed E-state index contributed by atoms with van der Waals surface area (Å²) in [5.41, 5.74) is 6.57. The summed E-state index contributed by atoms with van der Waals surface area (Å²) in [4.78, 5) is 35.7. The molecule has 0 radical (unpaired) electrons. The Hall–Kier alpha value is -3.17. The van der Waals surface area contributed by atoms with Gasteiger partial charge in [-0.3, -0.25) is 30.6 Å². The molecule has 4 N–H and O–H groups in total. The molecule has 0 saturated carbocycles. The average molecular weight is 463 g/mol. The number of carbonyl (C=O) groups is 3. The third kappa shape index (κ3) is 8.23. The van der Waals surface area contributed by atoms with E-state index in [1.54, 1.807) is 42.5 Å². The van der Waals surface area contributed by atoms with E-state index in [1.807, 2.05) is 13.8 Å². The zero-order chi connectivity index (χ0) is 22.8. The predicted octanol–water partition coefficient (Wildman–Crippen LogP) is 3.10. The highest BCUT2D eigenvalue weighted by Gasteiger charge is 2.10. The van der Waals surface area contributed by atoms with Crippen LogP contribution in [0.2, 0.25) is 5.02 Å². The van der Waals surface area contributed by atoms with Crippen LogP contribution in [0.15, 0.2) is 42.5 Å². The summed E-state index contributed by atoms with van der Waals surface area (Å²) in [6, 6.07) is 11.4. The molecule has 0 spiro atoms. The SMILES string of the molecule is CCCC(=O)Nc1ccc(C(=O)NNC(=S)NC(=O)COc2ccc(Cl)cc2C)cc1. The molecule has 0 aliphatic carbocycles. The number of hydrogen-bond donors (Lipinski definition) is 4. The van der Waals surface area contributed by atoms with Crippen LogP contribution < -0.4 is 26.2 Å². The number of anilines is 1. The molecule has 0 aliphatic heterocycles. The second-order valence-corrected chi connectivity index (χ2v) is 7.38. The fourth-order valence-electron chi connectivity index (χ4n) is 2.45. The lowest BCUT2D eigenvalue weighted by Gasteiger charge is -2.12. The first-order valence-electron chi connectivity index (χ1n) is 9.47. The van der Waals surface area contributed by atoms with E-state index in [4.69, 9.17) is 28.6 Å². The summed E-state index contributed by atoms with van der Waals surface area (Å²) in [5.74, 6) is -0.511. The number of benzene rings is 2. The van der Waals surface area contributed by atoms with Crippen LogP contribution in [-0.4, -0.2) is 29.4 Å². The van der Waals surface area contributed by atoms with Crippen molar-refractivity contribution in [3.05, 3.63) is 58.6 Å². The Kier molecular flexibility index (Phi) is 9.23. The van der Waals surface area contributed by atoms with Crippen LogP contribution in [-0.2, 0) is 9.59 Å². The first-order chi connectivity index (χ1) is 14.8. The quantitative estimate of drug-likeness (QED) is 0.372. The molecule has 2 rings (SSSR count). The molecular formula is C21H23ClN4O4S. The molecule has 0 atom stereocenters. The molecule has 31 heavy (non-hydrogen) atoms. The van der Waals surface area contributed by atoms with Crippen LogP contribution >= 0.6 is 23.8 Å². The van der Waals surface area contributed by atoms with Crippen molar-refractivity contribution in [1.82, 2.24) is 16.2 Å². The van der Waals surface area contributed by atoms with E-state index in [0.29, 0.717) is 28.4 Å². The number of thiocarbonyl (C=S) groups is 1. The van der Waals surface area contributed by atoms with Crippen molar-refractivity contribution in [2.24, 2.45) is 0 Å². The number of amides is 3. The Morgan fingerprint density at radius 2 is 1.74 bits per heavy atom. The highest BCUT2D eigenvalue weighted by Crippen LogP contribution is 2.21. The molecule has 3 amide bonds. The summed E-state index contributed by atoms with van der Waals surface area (Å²) in [5, 5.41) is 5.63. The first kappa shape index (κ1) is 24.1. The molecule has 2 aromatic carbocycles. The van der Waals surface area contributed by atoms with Gasteiger partial charge in [-0.2, -0.15) is 0 Å². The second-order valence-electron chi connectivity index (χ2n) is 6.53. The Morgan fingerprint density at radius 1 is 1.03 bits per heavy atom. The third-order valence-corrected chi connectivity index (χ3v) is 4.39. The largest absolute Gasteiger partial charge is 0.483 e. The molecule has 0 unspecified atom stereocenters. The van der Waals surface area contributed by atoms with Crippen LogP contribution in [0.5, 0.6) is 5.75 Å². The maximum Gasteiger partial charge on any atom is 0.269 e. The average Bonchev–Trinajstić information content (AvgIpc) is 2.72. The summed E-state index contributed by atoms with van der Waals surface area (Å²) in [6.45, 7) is 3.47. The summed E-state index contributed by atoms with van der Waals surface area (Å²) in [6.07, 6.45) is 1.18. The minimum absolute atomic E-state index is 0.0850. The minimum Gasteiger partial charge on any atom is -0.483 e. The van der Waals surface area contributed by atoms with Gasteiger partial charge in [0, 0.05) is 22.7 Å². The van der Waals surface area contributed by atoms with Gasteiger partial charge < -0.3 is 10.1 Å². The Balaban J connectivity index is 1.75. The van der Waals surface area contributed by atoms with Gasteiger partial charge in [-0.15, -0.1) is 0 Å². The predicted molar refractivity (Wildman–Crippen MR) is 123 cm³/mol. The van der Waals surface area contributed by atoms with E-state index in [2.05, 4.69) is 21.5 Å². The van der Waals surface area contributed by atoms with E-state index in [-0.39, 0.29) is 17.6 Å². The van der Waals surface area contributed by atoms with Crippen molar-refractivity contribution in [1.29, 1.82) is 0 Å². The molecule has 0 heterocycles. The Morgan fingerprint density at radius 3 is 2.39 bits per heavy atom. The van der Waals surface area contributed by atoms with Crippen LogP contribution in [0.4, 0.5) is 5.69 Å². The molecule has 164 valence electrons. The number of nitrogens with one attached hydrogen (secondary N) is 4. The van der Waals surface area contributed by atoms with Crippen LogP contribution in [0.3, 0.4) is 0 Å². The van der Waals surface area contributed by atoms with E-state index < -0.39 is 11.8 Å². The van der Waals surface area contributed by atoms with E-state index >= 15 is 0 Å². The number of hydrogen-bond acceptors (Lipinski definition) is 5. The second kappa shape index (κ2) is 11.9. The van der Waals surface area contributed by atoms with Gasteiger partial charge in [-0.25, -0.2) is 0 Å². The van der Waals surface area contributed by atoms with Crippen molar-refractivity contribution in [2.45, 2.75) is 26.7 Å². The zero-order valence-electron chi connectivity index (χ0n) is 17.1. The Labute approximate surface area is 190 Å². The van der Waals surface area contributed by atoms with Crippen molar-refractivity contribution in [3.8, 4) is 5.75 Å². The molecule has 0 aliphatic rings. The van der Waals surface area contributed by atoms with Crippen molar-refractivity contribution in [2.75, 3.05) is 11.9 Å². The van der Waals surface area contributed by atoms with Crippen molar-refractivity contribution in [3.63, 3.8) is 0 Å². The van der Waals surface area contributed by atoms with Crippen LogP contribution in [0.1, 0.15) is 35.7 Å². The molecule has 10 heteroatoms. The van der Waals surface area contributed by atoms with Crippen molar-refractivity contribution >= 4 is 52.3 Å². The first-order valence-corrected chi connectivity index (χ1v) is 10.3. The maximum absolute atomic E-state index is 12.2. The number of aryl methyl sites for hydroxylation is 1. The lowest BCUT2D eigenvalue weighted by molar-refractivity contribution is -0.121. The van der Waals surface area contributed by atoms with E-state index in [0.717, 1.165) is 12.0 Å². The highest BCUT2D eigenvalue weighted by molar-refractivity contribution is 7.80. The fourth-order valence-corrected chi connectivity index (χ4v) is 2.84. The number of ether oxygens (including phenoxy) is 1. The van der Waals surface area contributed by atoms with Gasteiger partial charge in [-0.05, 0) is 73.6 Å². The van der Waals surface area contributed by atoms with Gasteiger partial charge in [0.05, 0.1) is 0 Å². The summed E-state index contributed by atoms with van der Waals surface area (Å²) in [7, 11) is 0. The number of halogens is 1. The maximum atomic E-state index is 12.2. The monoisotopic (exact) mass is 462 g/mol. The van der Waals surface area contributed by atoms with Crippen LogP contribution in [0, 0.1) is 6.92 Å². The fraction of sp³-hybridized carbons (Fsp3) is 0.238.